The molecular formula is C11H23NO. The van der Waals surface area contributed by atoms with Gasteiger partial charge in [0.1, 0.15) is 0 Å². The van der Waals surface area contributed by atoms with Gasteiger partial charge >= 0.3 is 0 Å². The molecule has 0 amide bonds. The van der Waals surface area contributed by atoms with Crippen LogP contribution in [0.15, 0.2) is 0 Å². The summed E-state index contributed by atoms with van der Waals surface area (Å²) >= 11 is 0. The van der Waals surface area contributed by atoms with Crippen LogP contribution in [0.2, 0.25) is 0 Å². The zero-order valence-corrected chi connectivity index (χ0v) is 9.38. The van der Waals surface area contributed by atoms with Crippen LogP contribution in [-0.4, -0.2) is 35.7 Å². The number of hydrogen-bond acceptors (Lipinski definition) is 2. The van der Waals surface area contributed by atoms with Crippen molar-refractivity contribution in [2.75, 3.05) is 13.6 Å². The van der Waals surface area contributed by atoms with Crippen LogP contribution in [0.1, 0.15) is 40.0 Å². The van der Waals surface area contributed by atoms with E-state index in [4.69, 9.17) is 0 Å². The molecule has 0 aliphatic heterocycles. The summed E-state index contributed by atoms with van der Waals surface area (Å²) < 4.78 is 0. The van der Waals surface area contributed by atoms with Crippen molar-refractivity contribution < 1.29 is 5.11 Å². The monoisotopic (exact) mass is 185 g/mol. The average molecular weight is 185 g/mol. The molecule has 78 valence electrons. The highest BCUT2D eigenvalue weighted by Gasteiger charge is 2.46. The molecule has 0 aromatic carbocycles. The Hall–Kier alpha value is -0.0800. The van der Waals surface area contributed by atoms with Gasteiger partial charge in [-0.3, -0.25) is 0 Å². The molecule has 0 saturated heterocycles. The van der Waals surface area contributed by atoms with Gasteiger partial charge in [-0.1, -0.05) is 0 Å². The summed E-state index contributed by atoms with van der Waals surface area (Å²) in [5.74, 6) is 0. The number of hydrogen-bond donors (Lipinski definition) is 1. The van der Waals surface area contributed by atoms with Gasteiger partial charge in [-0.15, -0.1) is 0 Å². The minimum atomic E-state index is -0.118. The summed E-state index contributed by atoms with van der Waals surface area (Å²) in [7, 11) is 2.16. The molecule has 1 rings (SSSR count). The highest BCUT2D eigenvalue weighted by molar-refractivity contribution is 4.97. The summed E-state index contributed by atoms with van der Waals surface area (Å²) in [6, 6.07) is 0.616. The lowest BCUT2D eigenvalue weighted by Crippen LogP contribution is -2.31. The van der Waals surface area contributed by atoms with Gasteiger partial charge in [-0.05, 0) is 59.0 Å². The Morgan fingerprint density at radius 3 is 2.15 bits per heavy atom. The van der Waals surface area contributed by atoms with E-state index in [1.165, 1.54) is 12.8 Å². The Bertz CT molecular complexity index is 161. The van der Waals surface area contributed by atoms with E-state index in [2.05, 4.69) is 25.8 Å². The van der Waals surface area contributed by atoms with Crippen molar-refractivity contribution in [1.29, 1.82) is 0 Å². The molecule has 2 heteroatoms. The topological polar surface area (TPSA) is 23.5 Å². The normalized spacial score (nSPS) is 22.4. The fraction of sp³-hybridized carbons (Fsp3) is 1.00. The quantitative estimate of drug-likeness (QED) is 0.707. The van der Waals surface area contributed by atoms with Crippen molar-refractivity contribution in [2.24, 2.45) is 5.41 Å². The predicted molar refractivity (Wildman–Crippen MR) is 55.7 cm³/mol. The van der Waals surface area contributed by atoms with Gasteiger partial charge in [0.25, 0.3) is 0 Å². The highest BCUT2D eigenvalue weighted by Crippen LogP contribution is 2.51. The molecule has 0 aromatic rings. The van der Waals surface area contributed by atoms with Gasteiger partial charge in [0, 0.05) is 6.04 Å². The number of aliphatic hydroxyl groups is 1. The van der Waals surface area contributed by atoms with E-state index in [0.717, 1.165) is 13.0 Å². The third-order valence-electron chi connectivity index (χ3n) is 3.62. The van der Waals surface area contributed by atoms with Crippen molar-refractivity contribution in [3.05, 3.63) is 0 Å². The maximum absolute atomic E-state index is 9.58. The SMILES string of the molecule is CC(C)N(C)CCC1(C(C)O)CC1. The molecule has 1 aliphatic rings. The van der Waals surface area contributed by atoms with Crippen LogP contribution in [-0.2, 0) is 0 Å². The maximum Gasteiger partial charge on any atom is 0.0568 e. The van der Waals surface area contributed by atoms with Gasteiger partial charge in [0.2, 0.25) is 0 Å². The Morgan fingerprint density at radius 1 is 1.31 bits per heavy atom. The molecule has 1 fully saturated rings. The predicted octanol–water partition coefficient (Wildman–Crippen LogP) is 1.88. The van der Waals surface area contributed by atoms with Crippen LogP contribution in [0.4, 0.5) is 0 Å². The first-order valence-electron chi connectivity index (χ1n) is 5.36. The van der Waals surface area contributed by atoms with Gasteiger partial charge < -0.3 is 10.0 Å². The van der Waals surface area contributed by atoms with Crippen molar-refractivity contribution in [1.82, 2.24) is 4.90 Å². The molecule has 13 heavy (non-hydrogen) atoms. The minimum absolute atomic E-state index is 0.118. The zero-order valence-electron chi connectivity index (χ0n) is 9.38. The lowest BCUT2D eigenvalue weighted by molar-refractivity contribution is 0.0939. The van der Waals surface area contributed by atoms with E-state index in [0.29, 0.717) is 6.04 Å². The molecular weight excluding hydrogens is 162 g/mol. The van der Waals surface area contributed by atoms with E-state index in [9.17, 15) is 5.11 Å². The molecule has 2 nitrogen and oxygen atoms in total. The molecule has 1 aliphatic carbocycles. The van der Waals surface area contributed by atoms with E-state index < -0.39 is 0 Å². The maximum atomic E-state index is 9.58. The third-order valence-corrected chi connectivity index (χ3v) is 3.62. The van der Waals surface area contributed by atoms with Crippen molar-refractivity contribution in [3.8, 4) is 0 Å². The zero-order chi connectivity index (χ0) is 10.1. The van der Waals surface area contributed by atoms with Gasteiger partial charge in [0.05, 0.1) is 6.10 Å². The van der Waals surface area contributed by atoms with Crippen LogP contribution in [0.3, 0.4) is 0 Å². The molecule has 0 radical (unpaired) electrons. The Labute approximate surface area is 81.9 Å². The van der Waals surface area contributed by atoms with Crippen LogP contribution >= 0.6 is 0 Å². The number of aliphatic hydroxyl groups excluding tert-OH is 1. The molecule has 0 aromatic heterocycles. The third kappa shape index (κ3) is 2.68. The minimum Gasteiger partial charge on any atom is -0.393 e. The van der Waals surface area contributed by atoms with Crippen molar-refractivity contribution in [2.45, 2.75) is 52.2 Å². The highest BCUT2D eigenvalue weighted by atomic mass is 16.3. The summed E-state index contributed by atoms with van der Waals surface area (Å²) in [4.78, 5) is 2.35. The van der Waals surface area contributed by atoms with Crippen LogP contribution in [0.5, 0.6) is 0 Å². The lowest BCUT2D eigenvalue weighted by atomic mass is 9.96. The summed E-state index contributed by atoms with van der Waals surface area (Å²) in [5, 5.41) is 9.58. The van der Waals surface area contributed by atoms with E-state index >= 15 is 0 Å². The second kappa shape index (κ2) is 3.97. The fourth-order valence-electron chi connectivity index (χ4n) is 1.69. The molecule has 1 atom stereocenters. The second-order valence-electron chi connectivity index (χ2n) is 4.86. The van der Waals surface area contributed by atoms with E-state index in [1.54, 1.807) is 0 Å². The Morgan fingerprint density at radius 2 is 1.85 bits per heavy atom. The van der Waals surface area contributed by atoms with Crippen molar-refractivity contribution in [3.63, 3.8) is 0 Å². The van der Waals surface area contributed by atoms with Crippen LogP contribution < -0.4 is 0 Å². The van der Waals surface area contributed by atoms with E-state index in [1.807, 2.05) is 6.92 Å². The summed E-state index contributed by atoms with van der Waals surface area (Å²) in [6.07, 6.45) is 3.47. The molecule has 0 bridgehead atoms. The number of rotatable bonds is 5. The largest absolute Gasteiger partial charge is 0.393 e. The molecule has 1 saturated carbocycles. The first-order valence-corrected chi connectivity index (χ1v) is 5.36. The smallest absolute Gasteiger partial charge is 0.0568 e. The molecule has 1 unspecified atom stereocenters. The Balaban J connectivity index is 2.26. The van der Waals surface area contributed by atoms with Crippen molar-refractivity contribution >= 4 is 0 Å². The first kappa shape index (κ1) is 11.0. The second-order valence-corrected chi connectivity index (χ2v) is 4.86. The number of nitrogens with zero attached hydrogens (tertiary/aromatic N) is 1. The molecule has 0 spiro atoms. The summed E-state index contributed by atoms with van der Waals surface area (Å²) in [6.45, 7) is 7.47. The van der Waals surface area contributed by atoms with E-state index in [-0.39, 0.29) is 11.5 Å². The van der Waals surface area contributed by atoms with Crippen LogP contribution in [0, 0.1) is 5.41 Å². The average Bonchev–Trinajstić information content (AvgIpc) is 2.80. The standard InChI is InChI=1S/C11H23NO/c1-9(2)12(4)8-7-11(5-6-11)10(3)13/h9-10,13H,5-8H2,1-4H3. The lowest BCUT2D eigenvalue weighted by Gasteiger charge is -2.25. The molecule has 0 heterocycles. The van der Waals surface area contributed by atoms with Gasteiger partial charge in [-0.25, -0.2) is 0 Å². The molecule has 1 N–H and O–H groups in total. The fourth-order valence-corrected chi connectivity index (χ4v) is 1.69. The van der Waals surface area contributed by atoms with Gasteiger partial charge in [0.15, 0.2) is 0 Å². The summed E-state index contributed by atoms with van der Waals surface area (Å²) in [5.41, 5.74) is 0.281. The van der Waals surface area contributed by atoms with Gasteiger partial charge in [-0.2, -0.15) is 0 Å². The Kier molecular flexibility index (Phi) is 3.36. The van der Waals surface area contributed by atoms with Crippen LogP contribution in [0.25, 0.3) is 0 Å². The first-order chi connectivity index (χ1) is 5.98.